The second-order valence-electron chi connectivity index (χ2n) is 8.43. The molecule has 6 heteroatoms. The zero-order valence-corrected chi connectivity index (χ0v) is 19.0. The summed E-state index contributed by atoms with van der Waals surface area (Å²) in [7, 11) is 1.59. The first-order valence-electron chi connectivity index (χ1n) is 11.1. The number of rotatable bonds is 4. The average molecular weight is 459 g/mol. The van der Waals surface area contributed by atoms with Crippen LogP contribution in [0.15, 0.2) is 72.8 Å². The number of ether oxygens (including phenoxy) is 1. The fraction of sp³-hybridized carbons (Fsp3) is 0.179. The first-order chi connectivity index (χ1) is 16.5. The van der Waals surface area contributed by atoms with Gasteiger partial charge in [-0.2, -0.15) is 0 Å². The van der Waals surface area contributed by atoms with E-state index in [9.17, 15) is 13.6 Å². The highest BCUT2D eigenvalue weighted by Gasteiger charge is 2.27. The SMILES string of the molecule is COc1ccc(-c2cc(C(=O)N3CCc4ccccc4C3)c(C)n2-c2ccc(F)cc2F)cc1. The molecule has 0 radical (unpaired) electrons. The molecule has 5 rings (SSSR count). The highest BCUT2D eigenvalue weighted by Crippen LogP contribution is 2.33. The predicted molar refractivity (Wildman–Crippen MR) is 127 cm³/mol. The Morgan fingerprint density at radius 2 is 1.68 bits per heavy atom. The molecule has 0 unspecified atom stereocenters. The van der Waals surface area contributed by atoms with Crippen molar-refractivity contribution < 1.29 is 18.3 Å². The van der Waals surface area contributed by atoms with Gasteiger partial charge in [0.2, 0.25) is 0 Å². The zero-order valence-electron chi connectivity index (χ0n) is 19.0. The summed E-state index contributed by atoms with van der Waals surface area (Å²) in [5.74, 6) is -0.766. The van der Waals surface area contributed by atoms with Crippen LogP contribution in [0.5, 0.6) is 5.75 Å². The van der Waals surface area contributed by atoms with E-state index >= 15 is 0 Å². The lowest BCUT2D eigenvalue weighted by molar-refractivity contribution is 0.0734. The van der Waals surface area contributed by atoms with Crippen molar-refractivity contribution in [2.75, 3.05) is 13.7 Å². The van der Waals surface area contributed by atoms with E-state index in [2.05, 4.69) is 6.07 Å². The largest absolute Gasteiger partial charge is 0.497 e. The molecule has 1 aromatic heterocycles. The normalized spacial score (nSPS) is 13.0. The number of carbonyl (C=O) groups is 1. The molecule has 2 heterocycles. The van der Waals surface area contributed by atoms with E-state index in [4.69, 9.17) is 4.74 Å². The molecule has 0 aliphatic carbocycles. The summed E-state index contributed by atoms with van der Waals surface area (Å²) >= 11 is 0. The van der Waals surface area contributed by atoms with Gasteiger partial charge >= 0.3 is 0 Å². The Labute approximate surface area is 197 Å². The number of hydrogen-bond acceptors (Lipinski definition) is 2. The lowest BCUT2D eigenvalue weighted by Crippen LogP contribution is -2.36. The van der Waals surface area contributed by atoms with Gasteiger partial charge in [-0.25, -0.2) is 8.78 Å². The summed E-state index contributed by atoms with van der Waals surface area (Å²) in [5.41, 5.74) is 5.11. The Balaban J connectivity index is 1.61. The van der Waals surface area contributed by atoms with E-state index in [0.29, 0.717) is 35.8 Å². The monoisotopic (exact) mass is 458 g/mol. The standard InChI is InChI=1S/C28H24F2N2O2/c1-18-24(28(33)31-14-13-19-5-3-4-6-21(19)17-31)16-27(20-7-10-23(34-2)11-8-20)32(18)26-12-9-22(29)15-25(26)30/h3-12,15-16H,13-14,17H2,1-2H3. The first kappa shape index (κ1) is 21.9. The maximum Gasteiger partial charge on any atom is 0.256 e. The summed E-state index contributed by atoms with van der Waals surface area (Å²) in [6.07, 6.45) is 0.791. The minimum atomic E-state index is -0.695. The number of methoxy groups -OCH3 is 1. The molecule has 0 N–H and O–H groups in total. The molecule has 0 bridgehead atoms. The van der Waals surface area contributed by atoms with Crippen LogP contribution in [0.1, 0.15) is 27.2 Å². The Morgan fingerprint density at radius 3 is 2.38 bits per heavy atom. The van der Waals surface area contributed by atoms with Crippen molar-refractivity contribution in [3.63, 3.8) is 0 Å². The predicted octanol–water partition coefficient (Wildman–Crippen LogP) is 5.94. The van der Waals surface area contributed by atoms with E-state index in [0.717, 1.165) is 23.6 Å². The van der Waals surface area contributed by atoms with Crippen LogP contribution in [0.4, 0.5) is 8.78 Å². The smallest absolute Gasteiger partial charge is 0.256 e. The summed E-state index contributed by atoms with van der Waals surface area (Å²) in [5, 5.41) is 0. The van der Waals surface area contributed by atoms with Gasteiger partial charge in [0.05, 0.1) is 24.1 Å². The van der Waals surface area contributed by atoms with Crippen LogP contribution >= 0.6 is 0 Å². The average Bonchev–Trinajstić information content (AvgIpc) is 3.20. The minimum absolute atomic E-state index is 0.108. The summed E-state index contributed by atoms with van der Waals surface area (Å²) < 4.78 is 35.5. The molecule has 0 saturated heterocycles. The Kier molecular flexibility index (Phi) is 5.65. The van der Waals surface area contributed by atoms with Crippen molar-refractivity contribution in [2.45, 2.75) is 19.9 Å². The second-order valence-corrected chi connectivity index (χ2v) is 8.43. The van der Waals surface area contributed by atoms with Crippen molar-refractivity contribution in [2.24, 2.45) is 0 Å². The fourth-order valence-corrected chi connectivity index (χ4v) is 4.61. The quantitative estimate of drug-likeness (QED) is 0.379. The van der Waals surface area contributed by atoms with E-state index in [1.54, 1.807) is 24.7 Å². The third kappa shape index (κ3) is 3.85. The third-order valence-electron chi connectivity index (χ3n) is 6.43. The highest BCUT2D eigenvalue weighted by molar-refractivity contribution is 5.97. The van der Waals surface area contributed by atoms with Gasteiger partial charge in [0.15, 0.2) is 0 Å². The highest BCUT2D eigenvalue weighted by atomic mass is 19.1. The van der Waals surface area contributed by atoms with Gasteiger partial charge in [-0.05, 0) is 72.5 Å². The summed E-state index contributed by atoms with van der Waals surface area (Å²) in [6.45, 7) is 2.94. The van der Waals surface area contributed by atoms with Crippen molar-refractivity contribution in [3.05, 3.63) is 107 Å². The molecule has 1 amide bonds. The van der Waals surface area contributed by atoms with Gasteiger partial charge in [0, 0.05) is 24.8 Å². The number of carbonyl (C=O) groups excluding carboxylic acids is 1. The molecule has 3 aromatic carbocycles. The van der Waals surface area contributed by atoms with Crippen LogP contribution in [0.2, 0.25) is 0 Å². The zero-order chi connectivity index (χ0) is 23.8. The van der Waals surface area contributed by atoms with E-state index in [1.165, 1.54) is 17.7 Å². The lowest BCUT2D eigenvalue weighted by Gasteiger charge is -2.29. The van der Waals surface area contributed by atoms with Crippen LogP contribution in [-0.4, -0.2) is 29.0 Å². The van der Waals surface area contributed by atoms with Crippen LogP contribution in [0.3, 0.4) is 0 Å². The van der Waals surface area contributed by atoms with Gasteiger partial charge in [0.25, 0.3) is 5.91 Å². The van der Waals surface area contributed by atoms with Gasteiger partial charge in [-0.3, -0.25) is 4.79 Å². The number of hydrogen-bond donors (Lipinski definition) is 0. The van der Waals surface area contributed by atoms with E-state index < -0.39 is 11.6 Å². The van der Waals surface area contributed by atoms with E-state index in [1.807, 2.05) is 47.4 Å². The van der Waals surface area contributed by atoms with Crippen molar-refractivity contribution in [1.82, 2.24) is 9.47 Å². The second kappa shape index (κ2) is 8.78. The molecule has 1 aliphatic heterocycles. The van der Waals surface area contributed by atoms with Crippen molar-refractivity contribution in [3.8, 4) is 22.7 Å². The van der Waals surface area contributed by atoms with Crippen LogP contribution in [0, 0.1) is 18.6 Å². The molecule has 0 fully saturated rings. The number of amides is 1. The number of benzene rings is 3. The molecule has 0 spiro atoms. The molecule has 4 nitrogen and oxygen atoms in total. The minimum Gasteiger partial charge on any atom is -0.497 e. The maximum absolute atomic E-state index is 14.9. The Bertz CT molecular complexity index is 1380. The topological polar surface area (TPSA) is 34.5 Å². The summed E-state index contributed by atoms with van der Waals surface area (Å²) in [6, 6.07) is 20.7. The van der Waals surface area contributed by atoms with Crippen LogP contribution in [0.25, 0.3) is 16.9 Å². The molecule has 172 valence electrons. The number of fused-ring (bicyclic) bond motifs is 1. The number of halogens is 2. The molecular formula is C28H24F2N2O2. The van der Waals surface area contributed by atoms with E-state index in [-0.39, 0.29) is 11.6 Å². The maximum atomic E-state index is 14.9. The third-order valence-corrected chi connectivity index (χ3v) is 6.43. The number of nitrogens with zero attached hydrogens (tertiary/aromatic N) is 2. The van der Waals surface area contributed by atoms with Gasteiger partial charge in [0.1, 0.15) is 17.4 Å². The Morgan fingerprint density at radius 1 is 0.941 bits per heavy atom. The molecule has 34 heavy (non-hydrogen) atoms. The number of aromatic nitrogens is 1. The first-order valence-corrected chi connectivity index (χ1v) is 11.1. The van der Waals surface area contributed by atoms with Gasteiger partial charge in [-0.1, -0.05) is 24.3 Å². The molecule has 4 aromatic rings. The van der Waals surface area contributed by atoms with Crippen LogP contribution in [-0.2, 0) is 13.0 Å². The molecule has 0 saturated carbocycles. The van der Waals surface area contributed by atoms with Crippen molar-refractivity contribution in [1.29, 1.82) is 0 Å². The van der Waals surface area contributed by atoms with Crippen LogP contribution < -0.4 is 4.74 Å². The molecule has 1 aliphatic rings. The van der Waals surface area contributed by atoms with Gasteiger partial charge in [-0.15, -0.1) is 0 Å². The Hall–Kier alpha value is -3.93. The molecular weight excluding hydrogens is 434 g/mol. The van der Waals surface area contributed by atoms with Crippen molar-refractivity contribution >= 4 is 5.91 Å². The lowest BCUT2D eigenvalue weighted by atomic mass is 9.99. The molecule has 0 atom stereocenters. The summed E-state index contributed by atoms with van der Waals surface area (Å²) in [4.78, 5) is 15.5. The fourth-order valence-electron chi connectivity index (χ4n) is 4.61. The van der Waals surface area contributed by atoms with Gasteiger partial charge < -0.3 is 14.2 Å².